The molecule has 2 heteroatoms. The Morgan fingerprint density at radius 1 is 0.431 bits per heavy atom. The second-order valence-corrected chi connectivity index (χ2v) is 13.4. The Balaban J connectivity index is 1.35. The molecule has 2 aromatic heterocycles. The van der Waals surface area contributed by atoms with E-state index in [-0.39, 0.29) is 0 Å². The molecule has 9 aromatic rings. The van der Waals surface area contributed by atoms with Crippen LogP contribution in [0.15, 0.2) is 182 Å². The molecule has 0 N–H and O–H groups in total. The van der Waals surface area contributed by atoms with E-state index in [1.165, 1.54) is 60.5 Å². The van der Waals surface area contributed by atoms with Gasteiger partial charge >= 0.3 is 0 Å². The molecule has 0 saturated carbocycles. The van der Waals surface area contributed by atoms with Gasteiger partial charge in [-0.3, -0.25) is 4.57 Å². The third-order valence-corrected chi connectivity index (χ3v) is 10.4. The topological polar surface area (TPSA) is 17.8 Å². The van der Waals surface area contributed by atoms with Crippen LogP contribution in [0, 0.1) is 0 Å². The third kappa shape index (κ3) is 4.99. The van der Waals surface area contributed by atoms with E-state index in [2.05, 4.69) is 187 Å². The number of benzene rings is 7. The normalized spacial score (nSPS) is 13.0. The monoisotopic (exact) mass is 650 g/mol. The minimum absolute atomic E-state index is 0.908. The van der Waals surface area contributed by atoms with E-state index < -0.39 is 0 Å². The van der Waals surface area contributed by atoms with Crippen LogP contribution < -0.4 is 0 Å². The number of hydrogen-bond donors (Lipinski definition) is 0. The van der Waals surface area contributed by atoms with Gasteiger partial charge in [-0.2, -0.15) is 0 Å². The third-order valence-electron chi connectivity index (χ3n) is 10.4. The van der Waals surface area contributed by atoms with Gasteiger partial charge in [0.25, 0.3) is 0 Å². The fourth-order valence-corrected chi connectivity index (χ4v) is 7.98. The molecule has 240 valence electrons. The standard InChI is InChI=1S/C49H34N2/c1-5-15-33(16-6-1)37-25-27-40-44(36-21-11-4-12-22-36)32-48(50-45(40)29-37)51-46-30-38(34-17-7-2-8-18-34)26-28-42(46)49-41-24-14-13-23-39(41)43(31-47(49)51)35-19-9-3-10-20-35/h1,3-7,9-32H,2,8H2. The Labute approximate surface area is 297 Å². The van der Waals surface area contributed by atoms with Crippen LogP contribution in [0.4, 0.5) is 0 Å². The maximum absolute atomic E-state index is 5.55. The summed E-state index contributed by atoms with van der Waals surface area (Å²) in [6.07, 6.45) is 9.08. The minimum Gasteiger partial charge on any atom is -0.294 e. The van der Waals surface area contributed by atoms with Gasteiger partial charge < -0.3 is 0 Å². The van der Waals surface area contributed by atoms with Crippen molar-refractivity contribution in [2.24, 2.45) is 0 Å². The molecule has 0 unspecified atom stereocenters. The number of hydrogen-bond acceptors (Lipinski definition) is 1. The maximum Gasteiger partial charge on any atom is 0.138 e. The molecule has 0 radical (unpaired) electrons. The number of rotatable bonds is 5. The molecule has 0 saturated heterocycles. The second-order valence-electron chi connectivity index (χ2n) is 13.4. The molecular formula is C49H34N2. The lowest BCUT2D eigenvalue weighted by atomic mass is 9.94. The van der Waals surface area contributed by atoms with Gasteiger partial charge in [0.1, 0.15) is 5.82 Å². The molecule has 0 fully saturated rings. The summed E-state index contributed by atoms with van der Waals surface area (Å²) in [5.74, 6) is 0.908. The van der Waals surface area contributed by atoms with Gasteiger partial charge in [-0.25, -0.2) is 4.98 Å². The summed E-state index contributed by atoms with van der Waals surface area (Å²) in [5.41, 5.74) is 12.9. The maximum atomic E-state index is 5.55. The van der Waals surface area contributed by atoms with Gasteiger partial charge in [0.2, 0.25) is 0 Å². The van der Waals surface area contributed by atoms with E-state index in [4.69, 9.17) is 4.98 Å². The van der Waals surface area contributed by atoms with Crippen molar-refractivity contribution in [1.29, 1.82) is 0 Å². The van der Waals surface area contributed by atoms with Crippen molar-refractivity contribution in [3.05, 3.63) is 188 Å². The van der Waals surface area contributed by atoms with Gasteiger partial charge in [-0.15, -0.1) is 0 Å². The van der Waals surface area contributed by atoms with Gasteiger partial charge in [-0.1, -0.05) is 158 Å². The van der Waals surface area contributed by atoms with Crippen LogP contribution >= 0.6 is 0 Å². The number of fused-ring (bicyclic) bond motifs is 6. The van der Waals surface area contributed by atoms with Crippen molar-refractivity contribution in [1.82, 2.24) is 9.55 Å². The summed E-state index contributed by atoms with van der Waals surface area (Å²) in [4.78, 5) is 5.55. The zero-order chi connectivity index (χ0) is 33.7. The summed E-state index contributed by atoms with van der Waals surface area (Å²) >= 11 is 0. The molecule has 51 heavy (non-hydrogen) atoms. The highest BCUT2D eigenvalue weighted by atomic mass is 15.1. The summed E-state index contributed by atoms with van der Waals surface area (Å²) in [6.45, 7) is 0. The zero-order valence-corrected chi connectivity index (χ0v) is 28.1. The summed E-state index contributed by atoms with van der Waals surface area (Å²) in [7, 11) is 0. The average molecular weight is 651 g/mol. The molecule has 10 rings (SSSR count). The molecule has 1 aliphatic rings. The molecule has 7 aromatic carbocycles. The molecule has 1 aliphatic carbocycles. The molecule has 0 amide bonds. The lowest BCUT2D eigenvalue weighted by Gasteiger charge is -2.15. The number of aromatic nitrogens is 2. The Kier molecular flexibility index (Phi) is 6.99. The first-order valence-corrected chi connectivity index (χ1v) is 17.8. The van der Waals surface area contributed by atoms with Crippen LogP contribution in [-0.4, -0.2) is 9.55 Å². The zero-order valence-electron chi connectivity index (χ0n) is 28.1. The molecule has 2 heterocycles. The second kappa shape index (κ2) is 12.1. The highest BCUT2D eigenvalue weighted by Gasteiger charge is 2.21. The van der Waals surface area contributed by atoms with Gasteiger partial charge in [0, 0.05) is 16.2 Å². The largest absolute Gasteiger partial charge is 0.294 e. The van der Waals surface area contributed by atoms with Crippen LogP contribution in [-0.2, 0) is 0 Å². The van der Waals surface area contributed by atoms with Crippen LogP contribution in [0.5, 0.6) is 0 Å². The molecule has 0 atom stereocenters. The van der Waals surface area contributed by atoms with Crippen molar-refractivity contribution < 1.29 is 0 Å². The lowest BCUT2D eigenvalue weighted by molar-refractivity contribution is 1.04. The van der Waals surface area contributed by atoms with Gasteiger partial charge in [0.05, 0.1) is 16.6 Å². The van der Waals surface area contributed by atoms with E-state index in [1.54, 1.807) is 0 Å². The first-order valence-electron chi connectivity index (χ1n) is 17.8. The fourth-order valence-electron chi connectivity index (χ4n) is 7.98. The lowest BCUT2D eigenvalue weighted by Crippen LogP contribution is -2.00. The van der Waals surface area contributed by atoms with E-state index in [0.29, 0.717) is 0 Å². The smallest absolute Gasteiger partial charge is 0.138 e. The van der Waals surface area contributed by atoms with Crippen LogP contribution in [0.3, 0.4) is 0 Å². The van der Waals surface area contributed by atoms with Gasteiger partial charge in [-0.05, 0) is 92.4 Å². The van der Waals surface area contributed by atoms with Crippen molar-refractivity contribution in [2.75, 3.05) is 0 Å². The average Bonchev–Trinajstić information content (AvgIpc) is 3.55. The highest BCUT2D eigenvalue weighted by molar-refractivity contribution is 6.24. The van der Waals surface area contributed by atoms with Gasteiger partial charge in [0.15, 0.2) is 0 Å². The molecular weight excluding hydrogens is 617 g/mol. The van der Waals surface area contributed by atoms with Crippen LogP contribution in [0.25, 0.3) is 88.3 Å². The molecule has 0 bridgehead atoms. The van der Waals surface area contributed by atoms with Crippen LogP contribution in [0.2, 0.25) is 0 Å². The van der Waals surface area contributed by atoms with Crippen molar-refractivity contribution in [3.8, 4) is 39.2 Å². The fraction of sp³-hybridized carbons (Fsp3) is 0.0408. The SMILES string of the molecule is C1=CC(c2ccc3c4c5ccccc5c(-c5ccccc5)cc4n(-c4cc(-c5ccccc5)c5ccc(-c6ccccc6)cc5n4)c3c2)=CCC1. The van der Waals surface area contributed by atoms with E-state index in [1.807, 2.05) is 0 Å². The quantitative estimate of drug-likeness (QED) is 0.181. The van der Waals surface area contributed by atoms with Crippen molar-refractivity contribution in [3.63, 3.8) is 0 Å². The molecule has 2 nitrogen and oxygen atoms in total. The molecule has 0 spiro atoms. The first kappa shape index (κ1) is 29.4. The Morgan fingerprint density at radius 2 is 1.06 bits per heavy atom. The summed E-state index contributed by atoms with van der Waals surface area (Å²) < 4.78 is 2.42. The Hall–Kier alpha value is -6.51. The summed E-state index contributed by atoms with van der Waals surface area (Å²) in [5, 5.41) is 6.12. The molecule has 0 aliphatic heterocycles. The van der Waals surface area contributed by atoms with Crippen LogP contribution in [0.1, 0.15) is 18.4 Å². The van der Waals surface area contributed by atoms with E-state index >= 15 is 0 Å². The predicted octanol–water partition coefficient (Wildman–Crippen LogP) is 13.2. The van der Waals surface area contributed by atoms with E-state index in [9.17, 15) is 0 Å². The number of nitrogens with zero attached hydrogens (tertiary/aromatic N) is 2. The predicted molar refractivity (Wildman–Crippen MR) is 216 cm³/mol. The van der Waals surface area contributed by atoms with Crippen molar-refractivity contribution in [2.45, 2.75) is 12.8 Å². The summed E-state index contributed by atoms with van der Waals surface area (Å²) in [6, 6.07) is 59.4. The van der Waals surface area contributed by atoms with E-state index in [0.717, 1.165) is 46.2 Å². The van der Waals surface area contributed by atoms with Crippen molar-refractivity contribution >= 4 is 49.1 Å². The Morgan fingerprint density at radius 3 is 1.76 bits per heavy atom. The first-order chi connectivity index (χ1) is 25.3. The number of allylic oxidation sites excluding steroid dienone is 4. The highest BCUT2D eigenvalue weighted by Crippen LogP contribution is 2.43. The Bertz CT molecular complexity index is 2820. The number of pyridine rings is 1. The minimum atomic E-state index is 0.908.